The standard InChI is InChI=1S/C19H25ClN4O/c1-21-19(22-8-7-18-6-3-13-25-18)24-11-9-23(10-12-24)15-16-4-2-5-17(20)14-16/h2-6,13-14H,7-12,15H2,1H3,(H,21,22). The second kappa shape index (κ2) is 8.92. The number of aliphatic imine (C=N–C) groups is 1. The van der Waals surface area contributed by atoms with Crippen molar-refractivity contribution in [2.45, 2.75) is 13.0 Å². The SMILES string of the molecule is CN=C(NCCc1ccco1)N1CCN(Cc2cccc(Cl)c2)CC1. The van der Waals surface area contributed by atoms with Crippen LogP contribution in [-0.4, -0.2) is 55.5 Å². The maximum Gasteiger partial charge on any atom is 0.193 e. The van der Waals surface area contributed by atoms with Crippen LogP contribution in [0.5, 0.6) is 0 Å². The molecule has 0 amide bonds. The minimum Gasteiger partial charge on any atom is -0.469 e. The first-order valence-corrected chi connectivity index (χ1v) is 9.07. The second-order valence-electron chi connectivity index (χ2n) is 6.20. The zero-order valence-electron chi connectivity index (χ0n) is 14.6. The number of hydrogen-bond donors (Lipinski definition) is 1. The van der Waals surface area contributed by atoms with Crippen molar-refractivity contribution in [3.05, 3.63) is 59.0 Å². The summed E-state index contributed by atoms with van der Waals surface area (Å²) < 4.78 is 5.36. The Morgan fingerprint density at radius 2 is 2.04 bits per heavy atom. The minimum absolute atomic E-state index is 0.803. The summed E-state index contributed by atoms with van der Waals surface area (Å²) in [5.41, 5.74) is 1.27. The number of benzene rings is 1. The Kier molecular flexibility index (Phi) is 6.36. The molecule has 1 aliphatic rings. The second-order valence-corrected chi connectivity index (χ2v) is 6.63. The highest BCUT2D eigenvalue weighted by Gasteiger charge is 2.19. The summed E-state index contributed by atoms with van der Waals surface area (Å²) in [5.74, 6) is 1.96. The number of furan rings is 1. The zero-order chi connectivity index (χ0) is 17.5. The Morgan fingerprint density at radius 1 is 1.20 bits per heavy atom. The van der Waals surface area contributed by atoms with Gasteiger partial charge in [-0.3, -0.25) is 9.89 Å². The first-order valence-electron chi connectivity index (χ1n) is 8.69. The number of halogens is 1. The van der Waals surface area contributed by atoms with Gasteiger partial charge in [0.1, 0.15) is 5.76 Å². The summed E-state index contributed by atoms with van der Waals surface area (Å²) in [5, 5.41) is 4.23. The van der Waals surface area contributed by atoms with Crippen LogP contribution in [0.15, 0.2) is 52.1 Å². The van der Waals surface area contributed by atoms with Crippen molar-refractivity contribution in [3.63, 3.8) is 0 Å². The lowest BCUT2D eigenvalue weighted by Crippen LogP contribution is -2.52. The van der Waals surface area contributed by atoms with E-state index in [2.05, 4.69) is 26.2 Å². The Hall–Kier alpha value is -1.98. The van der Waals surface area contributed by atoms with Crippen molar-refractivity contribution < 1.29 is 4.42 Å². The Morgan fingerprint density at radius 3 is 2.72 bits per heavy atom. The highest BCUT2D eigenvalue weighted by atomic mass is 35.5. The lowest BCUT2D eigenvalue weighted by atomic mass is 10.2. The molecule has 0 spiro atoms. The van der Waals surface area contributed by atoms with Crippen LogP contribution >= 0.6 is 11.6 Å². The van der Waals surface area contributed by atoms with Crippen LogP contribution in [0, 0.1) is 0 Å². The van der Waals surface area contributed by atoms with Crippen LogP contribution in [-0.2, 0) is 13.0 Å². The van der Waals surface area contributed by atoms with Gasteiger partial charge in [0.05, 0.1) is 6.26 Å². The fourth-order valence-electron chi connectivity index (χ4n) is 3.10. The Bertz CT molecular complexity index is 678. The van der Waals surface area contributed by atoms with Gasteiger partial charge in [-0.15, -0.1) is 0 Å². The first kappa shape index (κ1) is 17.8. The molecular weight excluding hydrogens is 336 g/mol. The van der Waals surface area contributed by atoms with Crippen molar-refractivity contribution in [2.75, 3.05) is 39.8 Å². The van der Waals surface area contributed by atoms with E-state index in [1.165, 1.54) is 5.56 Å². The first-order chi connectivity index (χ1) is 12.2. The van der Waals surface area contributed by atoms with Gasteiger partial charge >= 0.3 is 0 Å². The van der Waals surface area contributed by atoms with Crippen LogP contribution in [0.3, 0.4) is 0 Å². The lowest BCUT2D eigenvalue weighted by Gasteiger charge is -2.36. The van der Waals surface area contributed by atoms with Crippen molar-refractivity contribution in [1.29, 1.82) is 0 Å². The van der Waals surface area contributed by atoms with E-state index in [0.29, 0.717) is 0 Å². The molecule has 1 aliphatic heterocycles. The molecule has 1 saturated heterocycles. The highest BCUT2D eigenvalue weighted by molar-refractivity contribution is 6.30. The summed E-state index contributed by atoms with van der Waals surface area (Å²) >= 11 is 6.07. The molecule has 0 radical (unpaired) electrons. The van der Waals surface area contributed by atoms with Crippen LogP contribution in [0.2, 0.25) is 5.02 Å². The maximum absolute atomic E-state index is 6.07. The number of piperazine rings is 1. The molecule has 1 aromatic heterocycles. The fourth-order valence-corrected chi connectivity index (χ4v) is 3.31. The topological polar surface area (TPSA) is 44.0 Å². The molecule has 1 aromatic carbocycles. The largest absolute Gasteiger partial charge is 0.469 e. The number of guanidine groups is 1. The number of nitrogens with one attached hydrogen (secondary N) is 1. The van der Waals surface area contributed by atoms with E-state index < -0.39 is 0 Å². The molecule has 1 fully saturated rings. The fraction of sp³-hybridized carbons (Fsp3) is 0.421. The third-order valence-corrected chi connectivity index (χ3v) is 4.65. The van der Waals surface area contributed by atoms with E-state index in [-0.39, 0.29) is 0 Å². The Balaban J connectivity index is 1.43. The van der Waals surface area contributed by atoms with E-state index in [1.54, 1.807) is 6.26 Å². The van der Waals surface area contributed by atoms with Crippen molar-refractivity contribution in [2.24, 2.45) is 4.99 Å². The lowest BCUT2D eigenvalue weighted by molar-refractivity contribution is 0.172. The molecule has 0 saturated carbocycles. The van der Waals surface area contributed by atoms with Gasteiger partial charge in [0.2, 0.25) is 0 Å². The van der Waals surface area contributed by atoms with Crippen molar-refractivity contribution in [3.8, 4) is 0 Å². The highest BCUT2D eigenvalue weighted by Crippen LogP contribution is 2.14. The molecule has 0 aliphatic carbocycles. The summed E-state index contributed by atoms with van der Waals surface area (Å²) in [7, 11) is 1.84. The van der Waals surface area contributed by atoms with Crippen LogP contribution in [0.25, 0.3) is 0 Å². The third kappa shape index (κ3) is 5.25. The van der Waals surface area contributed by atoms with Crippen molar-refractivity contribution in [1.82, 2.24) is 15.1 Å². The van der Waals surface area contributed by atoms with E-state index in [1.807, 2.05) is 37.4 Å². The average molecular weight is 361 g/mol. The summed E-state index contributed by atoms with van der Waals surface area (Å²) in [6.07, 6.45) is 2.57. The summed E-state index contributed by atoms with van der Waals surface area (Å²) in [4.78, 5) is 9.19. The van der Waals surface area contributed by atoms with Gasteiger partial charge in [-0.25, -0.2) is 0 Å². The van der Waals surface area contributed by atoms with Crippen LogP contribution < -0.4 is 5.32 Å². The monoisotopic (exact) mass is 360 g/mol. The third-order valence-electron chi connectivity index (χ3n) is 4.41. The quantitative estimate of drug-likeness (QED) is 0.657. The molecule has 25 heavy (non-hydrogen) atoms. The van der Waals surface area contributed by atoms with Gasteiger partial charge < -0.3 is 14.6 Å². The average Bonchev–Trinajstić information content (AvgIpc) is 3.13. The number of nitrogens with zero attached hydrogens (tertiary/aromatic N) is 3. The minimum atomic E-state index is 0.803. The van der Waals surface area contributed by atoms with E-state index in [0.717, 1.165) is 62.4 Å². The van der Waals surface area contributed by atoms with E-state index in [9.17, 15) is 0 Å². The number of rotatable bonds is 5. The van der Waals surface area contributed by atoms with Gasteiger partial charge in [-0.1, -0.05) is 23.7 Å². The molecule has 6 heteroatoms. The van der Waals surface area contributed by atoms with E-state index >= 15 is 0 Å². The van der Waals surface area contributed by atoms with Crippen LogP contribution in [0.4, 0.5) is 0 Å². The predicted molar refractivity (Wildman–Crippen MR) is 102 cm³/mol. The van der Waals surface area contributed by atoms with Crippen LogP contribution in [0.1, 0.15) is 11.3 Å². The van der Waals surface area contributed by atoms with Crippen molar-refractivity contribution >= 4 is 17.6 Å². The van der Waals surface area contributed by atoms with Gasteiger partial charge in [0.15, 0.2) is 5.96 Å². The Labute approximate surface area is 154 Å². The van der Waals surface area contributed by atoms with Gasteiger partial charge in [-0.2, -0.15) is 0 Å². The molecule has 0 bridgehead atoms. The van der Waals surface area contributed by atoms with E-state index in [4.69, 9.17) is 16.0 Å². The van der Waals surface area contributed by atoms with Gasteiger partial charge in [-0.05, 0) is 29.8 Å². The summed E-state index contributed by atoms with van der Waals surface area (Å²) in [6, 6.07) is 12.0. The zero-order valence-corrected chi connectivity index (χ0v) is 15.4. The van der Waals surface area contributed by atoms with Gasteiger partial charge in [0.25, 0.3) is 0 Å². The number of hydrogen-bond acceptors (Lipinski definition) is 3. The molecule has 5 nitrogen and oxygen atoms in total. The molecule has 3 rings (SSSR count). The summed E-state index contributed by atoms with van der Waals surface area (Å²) in [6.45, 7) is 5.75. The molecule has 2 heterocycles. The van der Waals surface area contributed by atoms with Gasteiger partial charge in [0, 0.05) is 57.8 Å². The molecule has 1 N–H and O–H groups in total. The molecule has 0 unspecified atom stereocenters. The maximum atomic E-state index is 6.07. The molecule has 134 valence electrons. The normalized spacial score (nSPS) is 16.2. The smallest absolute Gasteiger partial charge is 0.193 e. The molecule has 0 atom stereocenters. The predicted octanol–water partition coefficient (Wildman–Crippen LogP) is 2.87. The molecular formula is C19H25ClN4O. The molecule has 2 aromatic rings.